The maximum atomic E-state index is 12.9. The van der Waals surface area contributed by atoms with Crippen molar-refractivity contribution in [2.45, 2.75) is 38.8 Å². The van der Waals surface area contributed by atoms with Gasteiger partial charge in [0, 0.05) is 28.4 Å². The van der Waals surface area contributed by atoms with Crippen LogP contribution in [0.5, 0.6) is 5.88 Å². The molecule has 0 aliphatic carbocycles. The molecule has 2 aromatic rings. The Morgan fingerprint density at radius 1 is 1.32 bits per heavy atom. The molecule has 0 saturated carbocycles. The third-order valence-electron chi connectivity index (χ3n) is 4.63. The molecule has 1 aromatic carbocycles. The second-order valence-corrected chi connectivity index (χ2v) is 7.23. The Labute approximate surface area is 169 Å². The number of aromatic nitrogens is 1. The smallest absolute Gasteiger partial charge is 0.312 e. The number of benzene rings is 1. The molecule has 0 saturated heterocycles. The van der Waals surface area contributed by atoms with Crippen LogP contribution in [-0.4, -0.2) is 36.0 Å². The number of carbonyl (C=O) groups excluding carboxylic acids is 2. The van der Waals surface area contributed by atoms with Gasteiger partial charge in [-0.3, -0.25) is 4.79 Å². The standard InChI is InChI=1S/C21H23ClN2O4/c1-4-27-21(26)19-16(11-25)24-15-9-10-23-20(28-12(2)3)18(15)17(19)13-7-5-6-8-14(13)22/h5-12,16-17,19,24H,4H2,1-3H3. The van der Waals surface area contributed by atoms with E-state index in [0.717, 1.165) is 11.8 Å². The number of aldehydes is 1. The van der Waals surface area contributed by atoms with Gasteiger partial charge in [0.2, 0.25) is 5.88 Å². The van der Waals surface area contributed by atoms with Crippen molar-refractivity contribution >= 4 is 29.5 Å². The number of esters is 1. The molecule has 148 valence electrons. The largest absolute Gasteiger partial charge is 0.475 e. The molecule has 6 nitrogen and oxygen atoms in total. The molecule has 3 unspecified atom stereocenters. The number of rotatable bonds is 6. The number of nitrogens with one attached hydrogen (secondary N) is 1. The van der Waals surface area contributed by atoms with E-state index in [4.69, 9.17) is 21.1 Å². The highest BCUT2D eigenvalue weighted by Gasteiger charge is 2.45. The van der Waals surface area contributed by atoms with Crippen molar-refractivity contribution in [2.75, 3.05) is 11.9 Å². The van der Waals surface area contributed by atoms with Crippen molar-refractivity contribution in [2.24, 2.45) is 5.92 Å². The van der Waals surface area contributed by atoms with E-state index in [0.29, 0.717) is 22.2 Å². The third-order valence-corrected chi connectivity index (χ3v) is 4.97. The van der Waals surface area contributed by atoms with Crippen molar-refractivity contribution in [3.05, 3.63) is 52.7 Å². The van der Waals surface area contributed by atoms with Gasteiger partial charge in [-0.25, -0.2) is 4.98 Å². The Hall–Kier alpha value is -2.60. The predicted molar refractivity (Wildman–Crippen MR) is 107 cm³/mol. The van der Waals surface area contributed by atoms with Gasteiger partial charge in [-0.2, -0.15) is 0 Å². The lowest BCUT2D eigenvalue weighted by Crippen LogP contribution is -2.45. The Balaban J connectivity index is 2.26. The van der Waals surface area contributed by atoms with E-state index in [1.807, 2.05) is 32.0 Å². The van der Waals surface area contributed by atoms with E-state index in [2.05, 4.69) is 10.3 Å². The summed E-state index contributed by atoms with van der Waals surface area (Å²) < 4.78 is 11.2. The topological polar surface area (TPSA) is 77.5 Å². The number of ether oxygens (including phenoxy) is 2. The molecular weight excluding hydrogens is 380 g/mol. The van der Waals surface area contributed by atoms with Crippen molar-refractivity contribution in [1.82, 2.24) is 4.98 Å². The summed E-state index contributed by atoms with van der Waals surface area (Å²) in [7, 11) is 0. The van der Waals surface area contributed by atoms with Gasteiger partial charge in [-0.15, -0.1) is 0 Å². The first-order valence-corrected chi connectivity index (χ1v) is 9.64. The molecule has 0 amide bonds. The second-order valence-electron chi connectivity index (χ2n) is 6.83. The third kappa shape index (κ3) is 3.83. The lowest BCUT2D eigenvalue weighted by atomic mass is 9.74. The van der Waals surface area contributed by atoms with Gasteiger partial charge in [0.05, 0.1) is 24.7 Å². The molecule has 1 N–H and O–H groups in total. The van der Waals surface area contributed by atoms with Crippen LogP contribution in [0.15, 0.2) is 36.5 Å². The molecule has 7 heteroatoms. The molecule has 3 rings (SSSR count). The van der Waals surface area contributed by atoms with E-state index in [-0.39, 0.29) is 12.7 Å². The maximum Gasteiger partial charge on any atom is 0.312 e. The van der Waals surface area contributed by atoms with Gasteiger partial charge >= 0.3 is 5.97 Å². The molecule has 3 atom stereocenters. The fourth-order valence-electron chi connectivity index (χ4n) is 3.57. The summed E-state index contributed by atoms with van der Waals surface area (Å²) in [5.41, 5.74) is 2.10. The van der Waals surface area contributed by atoms with Crippen LogP contribution >= 0.6 is 11.6 Å². The average molecular weight is 403 g/mol. The van der Waals surface area contributed by atoms with E-state index in [9.17, 15) is 9.59 Å². The average Bonchev–Trinajstić information content (AvgIpc) is 2.67. The summed E-state index contributed by atoms with van der Waals surface area (Å²) in [5.74, 6) is -1.41. The van der Waals surface area contributed by atoms with Gasteiger partial charge in [-0.1, -0.05) is 29.8 Å². The molecule has 1 aliphatic rings. The summed E-state index contributed by atoms with van der Waals surface area (Å²) in [6.45, 7) is 5.75. The minimum atomic E-state index is -0.802. The van der Waals surface area contributed by atoms with Crippen molar-refractivity contribution in [3.63, 3.8) is 0 Å². The highest BCUT2D eigenvalue weighted by Crippen LogP contribution is 2.48. The van der Waals surface area contributed by atoms with Crippen molar-refractivity contribution in [1.29, 1.82) is 0 Å². The van der Waals surface area contributed by atoms with Gasteiger partial charge in [0.25, 0.3) is 0 Å². The van der Waals surface area contributed by atoms with Crippen LogP contribution in [0.3, 0.4) is 0 Å². The van der Waals surface area contributed by atoms with Gasteiger partial charge in [0.15, 0.2) is 0 Å². The quantitative estimate of drug-likeness (QED) is 0.584. The van der Waals surface area contributed by atoms with E-state index in [1.54, 1.807) is 25.3 Å². The fraction of sp³-hybridized carbons (Fsp3) is 0.381. The van der Waals surface area contributed by atoms with Crippen LogP contribution in [0.25, 0.3) is 0 Å². The zero-order chi connectivity index (χ0) is 20.3. The second kappa shape index (κ2) is 8.61. The van der Waals surface area contributed by atoms with E-state index >= 15 is 0 Å². The Kier molecular flexibility index (Phi) is 6.19. The number of hydrogen-bond donors (Lipinski definition) is 1. The number of halogens is 1. The summed E-state index contributed by atoms with van der Waals surface area (Å²) in [4.78, 5) is 29.1. The Bertz CT molecular complexity index is 871. The van der Waals surface area contributed by atoms with E-state index < -0.39 is 23.8 Å². The molecule has 1 aromatic heterocycles. The molecule has 28 heavy (non-hydrogen) atoms. The molecular formula is C21H23ClN2O4. The Morgan fingerprint density at radius 2 is 2.07 bits per heavy atom. The first kappa shape index (κ1) is 20.1. The summed E-state index contributed by atoms with van der Waals surface area (Å²) in [6, 6.07) is 8.28. The number of nitrogens with zero attached hydrogens (tertiary/aromatic N) is 1. The molecule has 2 heterocycles. The summed E-state index contributed by atoms with van der Waals surface area (Å²) in [5, 5.41) is 3.64. The number of anilines is 1. The molecule has 0 bridgehead atoms. The number of pyridine rings is 1. The first-order chi connectivity index (χ1) is 13.5. The minimum absolute atomic E-state index is 0.115. The van der Waals surface area contributed by atoms with E-state index in [1.165, 1.54) is 0 Å². The molecule has 0 spiro atoms. The van der Waals surface area contributed by atoms with Crippen LogP contribution in [-0.2, 0) is 14.3 Å². The number of hydrogen-bond acceptors (Lipinski definition) is 6. The minimum Gasteiger partial charge on any atom is -0.475 e. The van der Waals surface area contributed by atoms with Gasteiger partial charge in [0.1, 0.15) is 6.29 Å². The lowest BCUT2D eigenvalue weighted by Gasteiger charge is -2.38. The highest BCUT2D eigenvalue weighted by molar-refractivity contribution is 6.31. The summed E-state index contributed by atoms with van der Waals surface area (Å²) in [6.07, 6.45) is 2.23. The lowest BCUT2D eigenvalue weighted by molar-refractivity contribution is -0.150. The van der Waals surface area contributed by atoms with Crippen LogP contribution in [0.2, 0.25) is 5.02 Å². The Morgan fingerprint density at radius 3 is 2.71 bits per heavy atom. The van der Waals surface area contributed by atoms with Gasteiger partial charge in [-0.05, 0) is 38.5 Å². The van der Waals surface area contributed by atoms with Crippen molar-refractivity contribution < 1.29 is 19.1 Å². The van der Waals surface area contributed by atoms with Crippen LogP contribution in [0, 0.1) is 5.92 Å². The normalized spacial score (nSPS) is 20.8. The number of fused-ring (bicyclic) bond motifs is 1. The maximum absolute atomic E-state index is 12.9. The monoisotopic (exact) mass is 402 g/mol. The van der Waals surface area contributed by atoms with Crippen LogP contribution in [0.4, 0.5) is 5.69 Å². The van der Waals surface area contributed by atoms with Crippen LogP contribution in [0.1, 0.15) is 37.8 Å². The highest BCUT2D eigenvalue weighted by atomic mass is 35.5. The van der Waals surface area contributed by atoms with Crippen molar-refractivity contribution in [3.8, 4) is 5.88 Å². The van der Waals surface area contributed by atoms with Gasteiger partial charge < -0.3 is 19.6 Å². The molecule has 0 radical (unpaired) electrons. The SMILES string of the molecule is CCOC(=O)C1C(C=O)Nc2ccnc(OC(C)C)c2C1c1ccccc1Cl. The summed E-state index contributed by atoms with van der Waals surface area (Å²) >= 11 is 6.50. The zero-order valence-electron chi connectivity index (χ0n) is 16.0. The molecule has 1 aliphatic heterocycles. The molecule has 0 fully saturated rings. The predicted octanol–water partition coefficient (Wildman–Crippen LogP) is 3.83. The van der Waals surface area contributed by atoms with Crippen LogP contribution < -0.4 is 10.1 Å². The number of carbonyl (C=O) groups is 2. The first-order valence-electron chi connectivity index (χ1n) is 9.26. The fourth-order valence-corrected chi connectivity index (χ4v) is 3.82. The zero-order valence-corrected chi connectivity index (χ0v) is 16.8.